The Bertz CT molecular complexity index is 1230. The first-order valence-electron chi connectivity index (χ1n) is 11.9. The molecule has 0 radical (unpaired) electrons. The normalized spacial score (nSPS) is 15.6. The Kier molecular flexibility index (Phi) is 7.62. The number of ether oxygens (including phenoxy) is 1. The van der Waals surface area contributed by atoms with Crippen LogP contribution in [0.25, 0.3) is 11.1 Å². The van der Waals surface area contributed by atoms with Gasteiger partial charge in [-0.05, 0) is 84.0 Å². The summed E-state index contributed by atoms with van der Waals surface area (Å²) < 4.78 is 101. The fraction of sp³-hybridized carbons (Fsp3) is 0.357. The van der Waals surface area contributed by atoms with Gasteiger partial charge in [0.25, 0.3) is 0 Å². The number of fused-ring (bicyclic) bond motifs is 1. The number of alkyl halides is 3. The molecular weight excluding hydrogens is 485 g/mol. The van der Waals surface area contributed by atoms with Gasteiger partial charge in [-0.2, -0.15) is 0 Å². The van der Waals surface area contributed by atoms with Crippen LogP contribution in [0.1, 0.15) is 60.8 Å². The standard InChI is InChI=1S/C28H25F7O/c1-2-3-4-5-16-6-12-20(23(29)14-16)18-9-13-21-22(15-18)26(31)27(32)24(25(21)30)17-7-10-19(11-8-17)36-28(33,34)35/h6-8,10-12,14,18H,2-5,9,13,15H2,1H3. The van der Waals surface area contributed by atoms with Gasteiger partial charge in [-0.25, -0.2) is 17.6 Å². The quantitative estimate of drug-likeness (QED) is 0.175. The molecule has 0 N–H and O–H groups in total. The number of aryl methyl sites for hydroxylation is 1. The summed E-state index contributed by atoms with van der Waals surface area (Å²) in [6, 6.07) is 8.89. The zero-order valence-corrected chi connectivity index (χ0v) is 19.6. The summed E-state index contributed by atoms with van der Waals surface area (Å²) in [5.74, 6) is -5.01. The highest BCUT2D eigenvalue weighted by Crippen LogP contribution is 2.41. The maximum atomic E-state index is 15.4. The first-order chi connectivity index (χ1) is 17.1. The summed E-state index contributed by atoms with van der Waals surface area (Å²) in [5, 5.41) is 0. The summed E-state index contributed by atoms with van der Waals surface area (Å²) in [4.78, 5) is 0. The minimum atomic E-state index is -4.92. The second-order valence-corrected chi connectivity index (χ2v) is 9.10. The van der Waals surface area contributed by atoms with Crippen LogP contribution in [0, 0.1) is 23.3 Å². The van der Waals surface area contributed by atoms with Crippen LogP contribution in [0.5, 0.6) is 5.75 Å². The van der Waals surface area contributed by atoms with E-state index in [1.54, 1.807) is 6.07 Å². The molecule has 0 saturated heterocycles. The third-order valence-corrected chi connectivity index (χ3v) is 6.67. The molecule has 0 aliphatic heterocycles. The average Bonchev–Trinajstić information content (AvgIpc) is 2.83. The van der Waals surface area contributed by atoms with Crippen LogP contribution >= 0.6 is 0 Å². The molecule has 4 rings (SSSR count). The highest BCUT2D eigenvalue weighted by molar-refractivity contribution is 5.68. The molecule has 1 aliphatic rings. The Morgan fingerprint density at radius 1 is 0.861 bits per heavy atom. The summed E-state index contributed by atoms with van der Waals surface area (Å²) in [6.45, 7) is 2.08. The lowest BCUT2D eigenvalue weighted by molar-refractivity contribution is -0.274. The van der Waals surface area contributed by atoms with E-state index in [4.69, 9.17) is 0 Å². The monoisotopic (exact) mass is 510 g/mol. The lowest BCUT2D eigenvalue weighted by atomic mass is 9.78. The van der Waals surface area contributed by atoms with E-state index in [1.807, 2.05) is 6.07 Å². The average molecular weight is 510 g/mol. The molecule has 0 saturated carbocycles. The Hall–Kier alpha value is -3.03. The molecule has 0 bridgehead atoms. The van der Waals surface area contributed by atoms with Gasteiger partial charge in [-0.1, -0.05) is 44.0 Å². The molecular formula is C28H25F7O. The van der Waals surface area contributed by atoms with Crippen molar-refractivity contribution in [3.05, 3.63) is 88.0 Å². The van der Waals surface area contributed by atoms with Crippen LogP contribution in [0.15, 0.2) is 42.5 Å². The highest BCUT2D eigenvalue weighted by Gasteiger charge is 2.33. The first-order valence-corrected chi connectivity index (χ1v) is 11.9. The first kappa shape index (κ1) is 26.0. The van der Waals surface area contributed by atoms with Crippen molar-refractivity contribution >= 4 is 0 Å². The van der Waals surface area contributed by atoms with E-state index >= 15 is 13.2 Å². The fourth-order valence-corrected chi connectivity index (χ4v) is 4.87. The summed E-state index contributed by atoms with van der Waals surface area (Å²) >= 11 is 0. The third-order valence-electron chi connectivity index (χ3n) is 6.67. The second kappa shape index (κ2) is 10.5. The van der Waals surface area contributed by atoms with Crippen molar-refractivity contribution in [1.82, 2.24) is 0 Å². The van der Waals surface area contributed by atoms with Gasteiger partial charge in [0.2, 0.25) is 0 Å². The zero-order valence-electron chi connectivity index (χ0n) is 19.6. The number of hydrogen-bond acceptors (Lipinski definition) is 1. The van der Waals surface area contributed by atoms with E-state index in [1.165, 1.54) is 6.07 Å². The predicted octanol–water partition coefficient (Wildman–Crippen LogP) is 8.81. The van der Waals surface area contributed by atoms with Gasteiger partial charge in [-0.15, -0.1) is 13.2 Å². The van der Waals surface area contributed by atoms with Gasteiger partial charge in [0.1, 0.15) is 17.4 Å². The Morgan fingerprint density at radius 3 is 2.22 bits per heavy atom. The van der Waals surface area contributed by atoms with Crippen molar-refractivity contribution in [3.63, 3.8) is 0 Å². The molecule has 1 unspecified atom stereocenters. The largest absolute Gasteiger partial charge is 0.573 e. The number of hydrogen-bond donors (Lipinski definition) is 0. The molecule has 0 fully saturated rings. The van der Waals surface area contributed by atoms with Crippen LogP contribution in [0.2, 0.25) is 0 Å². The second-order valence-electron chi connectivity index (χ2n) is 9.10. The van der Waals surface area contributed by atoms with Gasteiger partial charge in [0.15, 0.2) is 11.6 Å². The van der Waals surface area contributed by atoms with E-state index in [0.29, 0.717) is 12.0 Å². The van der Waals surface area contributed by atoms with Gasteiger partial charge in [0.05, 0.1) is 5.56 Å². The van der Waals surface area contributed by atoms with Crippen LogP contribution in [0.4, 0.5) is 30.7 Å². The zero-order chi connectivity index (χ0) is 26.0. The van der Waals surface area contributed by atoms with Crippen LogP contribution < -0.4 is 4.74 Å². The lowest BCUT2D eigenvalue weighted by Gasteiger charge is -2.27. The van der Waals surface area contributed by atoms with Crippen molar-refractivity contribution in [3.8, 4) is 16.9 Å². The SMILES string of the molecule is CCCCCc1ccc(C2CCc3c(F)c(-c4ccc(OC(F)(F)F)cc4)c(F)c(F)c3C2)c(F)c1. The molecule has 0 aromatic heterocycles. The Morgan fingerprint density at radius 2 is 1.58 bits per heavy atom. The number of unbranched alkanes of at least 4 members (excludes halogenated alkanes) is 2. The van der Waals surface area contributed by atoms with Crippen molar-refractivity contribution in [2.75, 3.05) is 0 Å². The fourth-order valence-electron chi connectivity index (χ4n) is 4.87. The summed E-state index contributed by atoms with van der Waals surface area (Å²) in [6.07, 6.45) is -0.734. The molecule has 8 heteroatoms. The maximum absolute atomic E-state index is 15.4. The van der Waals surface area contributed by atoms with Gasteiger partial charge >= 0.3 is 6.36 Å². The lowest BCUT2D eigenvalue weighted by Crippen LogP contribution is -2.19. The van der Waals surface area contributed by atoms with Gasteiger partial charge < -0.3 is 4.74 Å². The summed E-state index contributed by atoms with van der Waals surface area (Å²) in [7, 11) is 0. The predicted molar refractivity (Wildman–Crippen MR) is 123 cm³/mol. The Labute approximate surface area is 204 Å². The molecule has 0 spiro atoms. The van der Waals surface area contributed by atoms with Gasteiger partial charge in [0, 0.05) is 0 Å². The van der Waals surface area contributed by atoms with Crippen LogP contribution in [-0.2, 0) is 19.3 Å². The van der Waals surface area contributed by atoms with Gasteiger partial charge in [-0.3, -0.25) is 0 Å². The molecule has 1 nitrogen and oxygen atoms in total. The minimum Gasteiger partial charge on any atom is -0.406 e. The third kappa shape index (κ3) is 5.52. The van der Waals surface area contributed by atoms with E-state index < -0.39 is 46.9 Å². The molecule has 0 amide bonds. The van der Waals surface area contributed by atoms with E-state index in [0.717, 1.165) is 55.5 Å². The minimum absolute atomic E-state index is 0.00682. The smallest absolute Gasteiger partial charge is 0.406 e. The van der Waals surface area contributed by atoms with Crippen molar-refractivity contribution in [2.45, 2.75) is 64.1 Å². The molecule has 3 aromatic carbocycles. The van der Waals surface area contributed by atoms with Crippen LogP contribution in [0.3, 0.4) is 0 Å². The number of benzene rings is 3. The highest BCUT2D eigenvalue weighted by atomic mass is 19.4. The number of halogens is 7. The van der Waals surface area contributed by atoms with E-state index in [9.17, 15) is 17.6 Å². The molecule has 36 heavy (non-hydrogen) atoms. The molecule has 0 heterocycles. The molecule has 192 valence electrons. The topological polar surface area (TPSA) is 9.23 Å². The van der Waals surface area contributed by atoms with E-state index in [-0.39, 0.29) is 29.5 Å². The van der Waals surface area contributed by atoms with Crippen LogP contribution in [-0.4, -0.2) is 6.36 Å². The summed E-state index contributed by atoms with van der Waals surface area (Å²) in [5.41, 5.74) is 0.379. The maximum Gasteiger partial charge on any atom is 0.573 e. The van der Waals surface area contributed by atoms with Crippen molar-refractivity contribution in [1.29, 1.82) is 0 Å². The Balaban J connectivity index is 1.60. The number of rotatable bonds is 7. The molecule has 1 atom stereocenters. The molecule has 3 aromatic rings. The van der Waals surface area contributed by atoms with E-state index in [2.05, 4.69) is 11.7 Å². The van der Waals surface area contributed by atoms with Crippen molar-refractivity contribution < 1.29 is 35.5 Å². The molecule has 1 aliphatic carbocycles. The van der Waals surface area contributed by atoms with Crippen molar-refractivity contribution in [2.24, 2.45) is 0 Å².